The van der Waals surface area contributed by atoms with Crippen LogP contribution >= 0.6 is 11.8 Å². The van der Waals surface area contributed by atoms with E-state index in [1.54, 1.807) is 12.1 Å². The van der Waals surface area contributed by atoms with Crippen LogP contribution in [0, 0.1) is 0 Å². The molecule has 4 heteroatoms. The predicted octanol–water partition coefficient (Wildman–Crippen LogP) is 3.82. The van der Waals surface area contributed by atoms with Crippen molar-refractivity contribution in [3.05, 3.63) is 24.3 Å². The van der Waals surface area contributed by atoms with Gasteiger partial charge in [0.1, 0.15) is 0 Å². The zero-order valence-electron chi connectivity index (χ0n) is 7.97. The van der Waals surface area contributed by atoms with Crippen LogP contribution in [0.15, 0.2) is 29.2 Å². The minimum atomic E-state index is -2.36. The molecule has 78 valence electrons. The van der Waals surface area contributed by atoms with E-state index >= 15 is 0 Å². The van der Waals surface area contributed by atoms with Crippen LogP contribution in [0.2, 0.25) is 0 Å². The number of thioether (sulfide) groups is 1. The number of hydrogen-bond donors (Lipinski definition) is 1. The van der Waals surface area contributed by atoms with E-state index in [-0.39, 0.29) is 0 Å². The number of halogens is 2. The lowest BCUT2D eigenvalue weighted by molar-refractivity contribution is 0.252. The minimum Gasteiger partial charge on any atom is -0.384 e. The maximum atomic E-state index is 12.2. The summed E-state index contributed by atoms with van der Waals surface area (Å²) >= 11 is 0.580. The van der Waals surface area contributed by atoms with Gasteiger partial charge in [0.2, 0.25) is 0 Å². The molecule has 1 nitrogen and oxygen atoms in total. The van der Waals surface area contributed by atoms with Gasteiger partial charge in [-0.25, -0.2) is 0 Å². The largest absolute Gasteiger partial charge is 0.384 e. The van der Waals surface area contributed by atoms with Crippen molar-refractivity contribution in [3.8, 4) is 0 Å². The highest BCUT2D eigenvalue weighted by molar-refractivity contribution is 7.99. The van der Waals surface area contributed by atoms with Gasteiger partial charge < -0.3 is 5.32 Å². The zero-order chi connectivity index (χ0) is 10.4. The van der Waals surface area contributed by atoms with Crippen LogP contribution < -0.4 is 5.32 Å². The van der Waals surface area contributed by atoms with E-state index in [1.165, 1.54) is 0 Å². The lowest BCUT2D eigenvalue weighted by Crippen LogP contribution is -2.01. The molecule has 0 aliphatic heterocycles. The second kappa shape index (κ2) is 5.86. The number of alkyl halides is 2. The Kier molecular flexibility index (Phi) is 4.73. The minimum absolute atomic E-state index is 0.580. The van der Waals surface area contributed by atoms with Crippen LogP contribution in [-0.4, -0.2) is 12.3 Å². The van der Waals surface area contributed by atoms with Crippen LogP contribution in [0.25, 0.3) is 0 Å². The molecule has 1 aromatic carbocycles. The first-order valence-electron chi connectivity index (χ1n) is 4.51. The van der Waals surface area contributed by atoms with E-state index < -0.39 is 5.76 Å². The molecule has 0 radical (unpaired) electrons. The molecule has 14 heavy (non-hydrogen) atoms. The molecule has 0 saturated carbocycles. The lowest BCUT2D eigenvalue weighted by Gasteiger charge is -2.09. The number of hydrogen-bond acceptors (Lipinski definition) is 2. The maximum Gasteiger partial charge on any atom is 0.288 e. The number of benzene rings is 1. The van der Waals surface area contributed by atoms with Gasteiger partial charge in [-0.3, -0.25) is 0 Å². The quantitative estimate of drug-likeness (QED) is 0.752. The van der Waals surface area contributed by atoms with E-state index in [1.807, 2.05) is 19.1 Å². The number of nitrogens with one attached hydrogen (secondary N) is 1. The first kappa shape index (κ1) is 11.3. The Morgan fingerprint density at radius 1 is 1.36 bits per heavy atom. The summed E-state index contributed by atoms with van der Waals surface area (Å²) in [5.74, 6) is -2.36. The molecular weight excluding hydrogens is 204 g/mol. The Hall–Kier alpha value is -0.770. The zero-order valence-corrected chi connectivity index (χ0v) is 8.78. The smallest absolute Gasteiger partial charge is 0.288 e. The molecule has 0 atom stereocenters. The van der Waals surface area contributed by atoms with Gasteiger partial charge in [0.25, 0.3) is 5.76 Å². The molecule has 1 rings (SSSR count). The highest BCUT2D eigenvalue weighted by atomic mass is 32.2. The number of para-hydroxylation sites is 1. The molecule has 0 bridgehead atoms. The third-order valence-corrected chi connectivity index (χ3v) is 2.46. The fourth-order valence-electron chi connectivity index (χ4n) is 1.07. The van der Waals surface area contributed by atoms with Gasteiger partial charge in [-0.2, -0.15) is 8.78 Å². The maximum absolute atomic E-state index is 12.2. The monoisotopic (exact) mass is 217 g/mol. The summed E-state index contributed by atoms with van der Waals surface area (Å²) in [4.78, 5) is 0.607. The molecule has 0 aromatic heterocycles. The molecule has 0 heterocycles. The first-order valence-corrected chi connectivity index (χ1v) is 5.39. The summed E-state index contributed by atoms with van der Waals surface area (Å²) < 4.78 is 24.3. The Labute approximate surface area is 86.9 Å². The standard InChI is InChI=1S/C10H13F2NS/c1-2-7-13-8-5-3-4-6-9(8)14-10(11)12/h3-6,10,13H,2,7H2,1H3. The molecule has 0 amide bonds. The van der Waals surface area contributed by atoms with Gasteiger partial charge in [0, 0.05) is 17.1 Å². The van der Waals surface area contributed by atoms with E-state index in [0.29, 0.717) is 16.7 Å². The van der Waals surface area contributed by atoms with Gasteiger partial charge in [0.15, 0.2) is 0 Å². The molecule has 0 spiro atoms. The van der Waals surface area contributed by atoms with E-state index in [9.17, 15) is 8.78 Å². The summed E-state index contributed by atoms with van der Waals surface area (Å²) in [5, 5.41) is 3.11. The molecule has 0 fully saturated rings. The van der Waals surface area contributed by atoms with Crippen molar-refractivity contribution in [1.29, 1.82) is 0 Å². The average molecular weight is 217 g/mol. The second-order valence-electron chi connectivity index (χ2n) is 2.80. The fourth-order valence-corrected chi connectivity index (χ4v) is 1.69. The van der Waals surface area contributed by atoms with Crippen LogP contribution in [0.1, 0.15) is 13.3 Å². The molecule has 0 aliphatic carbocycles. The van der Waals surface area contributed by atoms with E-state index in [0.717, 1.165) is 18.7 Å². The third-order valence-electron chi connectivity index (χ3n) is 1.67. The van der Waals surface area contributed by atoms with E-state index in [4.69, 9.17) is 0 Å². The molecule has 0 aliphatic rings. The van der Waals surface area contributed by atoms with Crippen LogP contribution in [-0.2, 0) is 0 Å². The topological polar surface area (TPSA) is 12.0 Å². The van der Waals surface area contributed by atoms with Gasteiger partial charge in [-0.1, -0.05) is 30.8 Å². The molecule has 1 aromatic rings. The number of anilines is 1. The van der Waals surface area contributed by atoms with Crippen molar-refractivity contribution >= 4 is 17.4 Å². The van der Waals surface area contributed by atoms with Crippen molar-refractivity contribution in [3.63, 3.8) is 0 Å². The predicted molar refractivity (Wildman–Crippen MR) is 57.1 cm³/mol. The highest BCUT2D eigenvalue weighted by Crippen LogP contribution is 2.31. The molecule has 0 saturated heterocycles. The number of rotatable bonds is 5. The Morgan fingerprint density at radius 2 is 2.07 bits per heavy atom. The molecular formula is C10H13F2NS. The van der Waals surface area contributed by atoms with Gasteiger partial charge in [-0.05, 0) is 18.6 Å². The summed E-state index contributed by atoms with van der Waals surface area (Å²) in [6.07, 6.45) is 0.980. The lowest BCUT2D eigenvalue weighted by atomic mass is 10.3. The van der Waals surface area contributed by atoms with Crippen molar-refractivity contribution in [1.82, 2.24) is 0 Å². The summed E-state index contributed by atoms with van der Waals surface area (Å²) in [7, 11) is 0. The van der Waals surface area contributed by atoms with Crippen molar-refractivity contribution in [2.24, 2.45) is 0 Å². The van der Waals surface area contributed by atoms with Crippen molar-refractivity contribution in [2.45, 2.75) is 24.0 Å². The summed E-state index contributed by atoms with van der Waals surface area (Å²) in [5.41, 5.74) is 0.791. The van der Waals surface area contributed by atoms with Crippen LogP contribution in [0.3, 0.4) is 0 Å². The molecule has 0 unspecified atom stereocenters. The van der Waals surface area contributed by atoms with Crippen molar-refractivity contribution < 1.29 is 8.78 Å². The van der Waals surface area contributed by atoms with Gasteiger partial charge in [0.05, 0.1) is 0 Å². The summed E-state index contributed by atoms with van der Waals surface area (Å²) in [6, 6.07) is 7.13. The highest BCUT2D eigenvalue weighted by Gasteiger charge is 2.08. The second-order valence-corrected chi connectivity index (χ2v) is 3.83. The normalized spacial score (nSPS) is 10.6. The van der Waals surface area contributed by atoms with Crippen LogP contribution in [0.4, 0.5) is 14.5 Å². The Morgan fingerprint density at radius 3 is 2.71 bits per heavy atom. The Bertz CT molecular complexity index is 279. The fraction of sp³-hybridized carbons (Fsp3) is 0.400. The first-order chi connectivity index (χ1) is 6.74. The Balaban J connectivity index is 2.69. The van der Waals surface area contributed by atoms with Crippen LogP contribution in [0.5, 0.6) is 0 Å². The third kappa shape index (κ3) is 3.54. The average Bonchev–Trinajstić information content (AvgIpc) is 2.16. The van der Waals surface area contributed by atoms with E-state index in [2.05, 4.69) is 5.32 Å². The SMILES string of the molecule is CCCNc1ccccc1SC(F)F. The molecule has 1 N–H and O–H groups in total. The summed E-state index contributed by atoms with van der Waals surface area (Å²) in [6.45, 7) is 2.84. The van der Waals surface area contributed by atoms with Crippen molar-refractivity contribution in [2.75, 3.05) is 11.9 Å². The van der Waals surface area contributed by atoms with Gasteiger partial charge >= 0.3 is 0 Å². The van der Waals surface area contributed by atoms with Gasteiger partial charge in [-0.15, -0.1) is 0 Å².